The van der Waals surface area contributed by atoms with Crippen LogP contribution in [0.1, 0.15) is 18.4 Å². The van der Waals surface area contributed by atoms with Crippen molar-refractivity contribution in [3.8, 4) is 0 Å². The maximum absolute atomic E-state index is 10.9. The van der Waals surface area contributed by atoms with Crippen molar-refractivity contribution < 1.29 is 9.90 Å². The Bertz CT molecular complexity index is 447. The van der Waals surface area contributed by atoms with E-state index in [0.717, 1.165) is 12.1 Å². The molecule has 2 rings (SSSR count). The van der Waals surface area contributed by atoms with Crippen LogP contribution in [0.25, 0.3) is 0 Å². The van der Waals surface area contributed by atoms with Gasteiger partial charge in [0.25, 0.3) is 0 Å². The van der Waals surface area contributed by atoms with E-state index >= 15 is 0 Å². The zero-order chi connectivity index (χ0) is 13.1. The SMILES string of the molecule is O=C(O)CN(Cc1cc(Cl)ccc1Cl)CC1CC1. The molecule has 0 heterocycles. The van der Waals surface area contributed by atoms with Crippen molar-refractivity contribution in [3.05, 3.63) is 33.8 Å². The predicted molar refractivity (Wildman–Crippen MR) is 72.1 cm³/mol. The van der Waals surface area contributed by atoms with E-state index in [2.05, 4.69) is 0 Å². The third-order valence-corrected chi connectivity index (χ3v) is 3.58. The maximum Gasteiger partial charge on any atom is 0.317 e. The molecule has 1 fully saturated rings. The van der Waals surface area contributed by atoms with Gasteiger partial charge in [-0.05, 0) is 42.5 Å². The van der Waals surface area contributed by atoms with E-state index in [1.54, 1.807) is 18.2 Å². The van der Waals surface area contributed by atoms with Crippen molar-refractivity contribution in [2.45, 2.75) is 19.4 Å². The third kappa shape index (κ3) is 4.16. The van der Waals surface area contributed by atoms with Crippen LogP contribution >= 0.6 is 23.2 Å². The molecule has 1 aromatic carbocycles. The van der Waals surface area contributed by atoms with Gasteiger partial charge in [0, 0.05) is 23.1 Å². The Morgan fingerprint density at radius 3 is 2.72 bits per heavy atom. The molecule has 5 heteroatoms. The molecule has 1 aliphatic rings. The molecule has 1 aliphatic carbocycles. The Hall–Kier alpha value is -0.770. The number of benzene rings is 1. The number of nitrogens with zero attached hydrogens (tertiary/aromatic N) is 1. The summed E-state index contributed by atoms with van der Waals surface area (Å²) in [5, 5.41) is 10.2. The van der Waals surface area contributed by atoms with Gasteiger partial charge in [-0.2, -0.15) is 0 Å². The fourth-order valence-corrected chi connectivity index (χ4v) is 2.32. The van der Waals surface area contributed by atoms with Crippen molar-refractivity contribution >= 4 is 29.2 Å². The van der Waals surface area contributed by atoms with Crippen LogP contribution in [-0.2, 0) is 11.3 Å². The molecule has 1 saturated carbocycles. The van der Waals surface area contributed by atoms with Crippen molar-refractivity contribution in [2.75, 3.05) is 13.1 Å². The first-order valence-corrected chi connectivity index (χ1v) is 6.68. The van der Waals surface area contributed by atoms with E-state index in [0.29, 0.717) is 22.5 Å². The number of hydrogen-bond donors (Lipinski definition) is 1. The molecule has 0 spiro atoms. The van der Waals surface area contributed by atoms with Crippen LogP contribution in [0.15, 0.2) is 18.2 Å². The molecular formula is C13H15Cl2NO2. The van der Waals surface area contributed by atoms with Crippen LogP contribution in [0.3, 0.4) is 0 Å². The Morgan fingerprint density at radius 1 is 1.39 bits per heavy atom. The summed E-state index contributed by atoms with van der Waals surface area (Å²) in [4.78, 5) is 12.8. The van der Waals surface area contributed by atoms with Crippen LogP contribution in [0, 0.1) is 5.92 Å². The van der Waals surface area contributed by atoms with E-state index in [4.69, 9.17) is 28.3 Å². The van der Waals surface area contributed by atoms with Gasteiger partial charge in [0.15, 0.2) is 0 Å². The highest BCUT2D eigenvalue weighted by Crippen LogP contribution is 2.31. The van der Waals surface area contributed by atoms with E-state index in [1.807, 2.05) is 4.90 Å². The summed E-state index contributed by atoms with van der Waals surface area (Å²) < 4.78 is 0. The first kappa shape index (κ1) is 13.7. The Balaban J connectivity index is 2.05. The normalized spacial score (nSPS) is 15.1. The number of hydrogen-bond acceptors (Lipinski definition) is 2. The molecule has 1 N–H and O–H groups in total. The lowest BCUT2D eigenvalue weighted by Gasteiger charge is -2.20. The fraction of sp³-hybridized carbons (Fsp3) is 0.462. The molecule has 1 aromatic rings. The van der Waals surface area contributed by atoms with Crippen LogP contribution < -0.4 is 0 Å². The number of rotatable bonds is 6. The van der Waals surface area contributed by atoms with Crippen molar-refractivity contribution in [3.63, 3.8) is 0 Å². The van der Waals surface area contributed by atoms with Crippen molar-refractivity contribution in [2.24, 2.45) is 5.92 Å². The number of halogens is 2. The van der Waals surface area contributed by atoms with Gasteiger partial charge in [-0.3, -0.25) is 9.69 Å². The smallest absolute Gasteiger partial charge is 0.317 e. The third-order valence-electron chi connectivity index (χ3n) is 2.97. The van der Waals surface area contributed by atoms with E-state index in [1.165, 1.54) is 12.8 Å². The number of carboxylic acid groups (broad SMARTS) is 1. The lowest BCUT2D eigenvalue weighted by atomic mass is 10.2. The Morgan fingerprint density at radius 2 is 2.11 bits per heavy atom. The predicted octanol–water partition coefficient (Wildman–Crippen LogP) is 3.29. The molecule has 98 valence electrons. The van der Waals surface area contributed by atoms with Crippen molar-refractivity contribution in [1.29, 1.82) is 0 Å². The molecule has 0 aliphatic heterocycles. The first-order valence-electron chi connectivity index (χ1n) is 5.92. The van der Waals surface area contributed by atoms with Crippen LogP contribution in [-0.4, -0.2) is 29.1 Å². The zero-order valence-electron chi connectivity index (χ0n) is 9.90. The van der Waals surface area contributed by atoms with Gasteiger partial charge >= 0.3 is 5.97 Å². The van der Waals surface area contributed by atoms with Gasteiger partial charge in [0.2, 0.25) is 0 Å². The summed E-state index contributed by atoms with van der Waals surface area (Å²) in [6.45, 7) is 1.39. The summed E-state index contributed by atoms with van der Waals surface area (Å²) >= 11 is 12.0. The molecule has 18 heavy (non-hydrogen) atoms. The molecule has 0 amide bonds. The van der Waals surface area contributed by atoms with E-state index in [9.17, 15) is 4.79 Å². The lowest BCUT2D eigenvalue weighted by Crippen LogP contribution is -2.31. The topological polar surface area (TPSA) is 40.5 Å². The number of carboxylic acids is 1. The second kappa shape index (κ2) is 5.91. The van der Waals surface area contributed by atoms with E-state index < -0.39 is 5.97 Å². The molecule has 0 bridgehead atoms. The monoisotopic (exact) mass is 287 g/mol. The second-order valence-corrected chi connectivity index (χ2v) is 5.59. The van der Waals surface area contributed by atoms with Crippen molar-refractivity contribution in [1.82, 2.24) is 4.90 Å². The average molecular weight is 288 g/mol. The molecule has 0 unspecified atom stereocenters. The number of carbonyl (C=O) groups is 1. The first-order chi connectivity index (χ1) is 8.54. The van der Waals surface area contributed by atoms with Gasteiger partial charge in [-0.1, -0.05) is 23.2 Å². The minimum Gasteiger partial charge on any atom is -0.480 e. The molecule has 0 saturated heterocycles. The Labute approximate surface area is 116 Å². The lowest BCUT2D eigenvalue weighted by molar-refractivity contribution is -0.138. The average Bonchev–Trinajstić information content (AvgIpc) is 3.06. The van der Waals surface area contributed by atoms with E-state index in [-0.39, 0.29) is 6.54 Å². The number of aliphatic carboxylic acids is 1. The molecule has 0 atom stereocenters. The maximum atomic E-state index is 10.9. The zero-order valence-corrected chi connectivity index (χ0v) is 11.4. The van der Waals surface area contributed by atoms with Gasteiger partial charge in [0.1, 0.15) is 0 Å². The molecule has 0 radical (unpaired) electrons. The highest BCUT2D eigenvalue weighted by molar-refractivity contribution is 6.33. The highest BCUT2D eigenvalue weighted by atomic mass is 35.5. The standard InChI is InChI=1S/C13H15Cl2NO2/c14-11-3-4-12(15)10(5-11)7-16(8-13(17)18)6-9-1-2-9/h3-5,9H,1-2,6-8H2,(H,17,18). The highest BCUT2D eigenvalue weighted by Gasteiger charge is 2.25. The summed E-state index contributed by atoms with van der Waals surface area (Å²) in [6, 6.07) is 5.27. The summed E-state index contributed by atoms with van der Waals surface area (Å²) in [7, 11) is 0. The van der Waals surface area contributed by atoms with Crippen LogP contribution in [0.5, 0.6) is 0 Å². The molecular weight excluding hydrogens is 273 g/mol. The van der Waals surface area contributed by atoms with Gasteiger partial charge < -0.3 is 5.11 Å². The minimum absolute atomic E-state index is 0.0410. The quantitative estimate of drug-likeness (QED) is 0.873. The Kier molecular flexibility index (Phi) is 4.49. The minimum atomic E-state index is -0.811. The largest absolute Gasteiger partial charge is 0.480 e. The fourth-order valence-electron chi connectivity index (χ4n) is 1.95. The molecule has 3 nitrogen and oxygen atoms in total. The summed E-state index contributed by atoms with van der Waals surface area (Å²) in [6.07, 6.45) is 2.39. The summed E-state index contributed by atoms with van der Waals surface area (Å²) in [5.74, 6) is -0.170. The summed E-state index contributed by atoms with van der Waals surface area (Å²) in [5.41, 5.74) is 0.881. The van der Waals surface area contributed by atoms with Gasteiger partial charge in [-0.25, -0.2) is 0 Å². The van der Waals surface area contributed by atoms with Crippen LogP contribution in [0.2, 0.25) is 10.0 Å². The van der Waals surface area contributed by atoms with Gasteiger partial charge in [-0.15, -0.1) is 0 Å². The second-order valence-electron chi connectivity index (χ2n) is 4.74. The molecule has 0 aromatic heterocycles. The van der Waals surface area contributed by atoms with Crippen LogP contribution in [0.4, 0.5) is 0 Å². The van der Waals surface area contributed by atoms with Gasteiger partial charge in [0.05, 0.1) is 6.54 Å².